The second kappa shape index (κ2) is 11.1. The number of rotatable bonds is 7. The van der Waals surface area contributed by atoms with E-state index in [-0.39, 0.29) is 54.9 Å². The Hall–Kier alpha value is -2.46. The van der Waals surface area contributed by atoms with Gasteiger partial charge in [-0.1, -0.05) is 19.1 Å². The number of methoxy groups -OCH3 is 1. The zero-order chi connectivity index (χ0) is 24.0. The fraction of sp³-hybridized carbons (Fsp3) is 0.609. The summed E-state index contributed by atoms with van der Waals surface area (Å²) in [6, 6.07) is 6.10. The number of sulfonamides is 1. The highest BCUT2D eigenvalue weighted by Crippen LogP contribution is 2.27. The lowest BCUT2D eigenvalue weighted by Gasteiger charge is -2.35. The molecule has 182 valence electrons. The van der Waals surface area contributed by atoms with Gasteiger partial charge in [0.25, 0.3) is 5.91 Å². The fourth-order valence-corrected chi connectivity index (χ4v) is 6.18. The standard InChI is InChI=1S/C23H32N2O7S/c1-3-18-8-6-7-13-25(18)21(26)16-32-22(27)17-11-14-24(15-12-17)33(29,30)20-10-5-4-9-19(20)23(28)31-2/h4-5,9-10,17-18H,3,6-8,11-16H2,1-2H3. The molecule has 1 unspecified atom stereocenters. The summed E-state index contributed by atoms with van der Waals surface area (Å²) in [7, 11) is -2.73. The average Bonchev–Trinajstić information content (AvgIpc) is 2.86. The molecule has 0 spiro atoms. The van der Waals surface area contributed by atoms with Crippen molar-refractivity contribution in [2.24, 2.45) is 5.92 Å². The molecule has 10 heteroatoms. The van der Waals surface area contributed by atoms with Gasteiger partial charge in [-0.3, -0.25) is 9.59 Å². The molecule has 0 saturated carbocycles. The van der Waals surface area contributed by atoms with E-state index in [4.69, 9.17) is 9.47 Å². The third-order valence-corrected chi connectivity index (χ3v) is 8.41. The van der Waals surface area contributed by atoms with Crippen molar-refractivity contribution in [2.45, 2.75) is 56.4 Å². The van der Waals surface area contributed by atoms with Crippen molar-refractivity contribution in [1.82, 2.24) is 9.21 Å². The summed E-state index contributed by atoms with van der Waals surface area (Å²) in [6.45, 7) is 2.71. The van der Waals surface area contributed by atoms with Crippen LogP contribution in [0.5, 0.6) is 0 Å². The molecule has 1 amide bonds. The van der Waals surface area contributed by atoms with E-state index in [1.165, 1.54) is 23.5 Å². The maximum absolute atomic E-state index is 13.1. The van der Waals surface area contributed by atoms with Crippen LogP contribution in [-0.4, -0.2) is 74.9 Å². The minimum atomic E-state index is -3.93. The molecule has 9 nitrogen and oxygen atoms in total. The highest BCUT2D eigenvalue weighted by molar-refractivity contribution is 7.89. The molecule has 2 heterocycles. The van der Waals surface area contributed by atoms with Gasteiger partial charge in [0.1, 0.15) is 0 Å². The monoisotopic (exact) mass is 480 g/mol. The molecule has 33 heavy (non-hydrogen) atoms. The predicted molar refractivity (Wildman–Crippen MR) is 120 cm³/mol. The first kappa shape index (κ1) is 25.2. The summed E-state index contributed by atoms with van der Waals surface area (Å²) >= 11 is 0. The van der Waals surface area contributed by atoms with Crippen LogP contribution in [-0.2, 0) is 29.1 Å². The number of amides is 1. The van der Waals surface area contributed by atoms with E-state index < -0.39 is 27.9 Å². The van der Waals surface area contributed by atoms with Gasteiger partial charge in [0.2, 0.25) is 10.0 Å². The van der Waals surface area contributed by atoms with Crippen molar-refractivity contribution in [2.75, 3.05) is 33.4 Å². The number of ether oxygens (including phenoxy) is 2. The van der Waals surface area contributed by atoms with Crippen LogP contribution in [0.2, 0.25) is 0 Å². The van der Waals surface area contributed by atoms with Gasteiger partial charge in [-0.25, -0.2) is 13.2 Å². The molecular formula is C23H32N2O7S. The van der Waals surface area contributed by atoms with E-state index in [2.05, 4.69) is 0 Å². The Labute approximate surface area is 195 Å². The first-order chi connectivity index (χ1) is 15.8. The Bertz CT molecular complexity index is 971. The van der Waals surface area contributed by atoms with E-state index in [0.29, 0.717) is 6.54 Å². The maximum atomic E-state index is 13.1. The Morgan fingerprint density at radius 3 is 2.39 bits per heavy atom. The SMILES string of the molecule is CCC1CCCCN1C(=O)COC(=O)C1CCN(S(=O)(=O)c2ccccc2C(=O)OC)CC1. The molecule has 0 bridgehead atoms. The van der Waals surface area contributed by atoms with E-state index in [1.54, 1.807) is 12.1 Å². The van der Waals surface area contributed by atoms with Gasteiger partial charge in [-0.2, -0.15) is 4.31 Å². The molecule has 0 aromatic heterocycles. The van der Waals surface area contributed by atoms with Crippen LogP contribution < -0.4 is 0 Å². The lowest BCUT2D eigenvalue weighted by Crippen LogP contribution is -2.46. The van der Waals surface area contributed by atoms with Crippen LogP contribution in [0.4, 0.5) is 0 Å². The van der Waals surface area contributed by atoms with Crippen LogP contribution in [0.3, 0.4) is 0 Å². The Kier molecular flexibility index (Phi) is 8.47. The van der Waals surface area contributed by atoms with Gasteiger partial charge in [0.15, 0.2) is 6.61 Å². The summed E-state index contributed by atoms with van der Waals surface area (Å²) in [6.07, 6.45) is 4.49. The Morgan fingerprint density at radius 1 is 1.03 bits per heavy atom. The smallest absolute Gasteiger partial charge is 0.339 e. The van der Waals surface area contributed by atoms with E-state index in [9.17, 15) is 22.8 Å². The summed E-state index contributed by atoms with van der Waals surface area (Å²) in [5.41, 5.74) is -0.0249. The van der Waals surface area contributed by atoms with Crippen LogP contribution in [0, 0.1) is 5.92 Å². The summed E-state index contributed by atoms with van der Waals surface area (Å²) < 4.78 is 37.5. The third-order valence-electron chi connectivity index (χ3n) is 6.45. The molecular weight excluding hydrogens is 448 g/mol. The molecule has 2 saturated heterocycles. The van der Waals surface area contributed by atoms with Crippen LogP contribution >= 0.6 is 0 Å². The number of hydrogen-bond donors (Lipinski definition) is 0. The molecule has 1 atom stereocenters. The summed E-state index contributed by atoms with van der Waals surface area (Å²) in [5, 5.41) is 0. The van der Waals surface area contributed by atoms with Crippen molar-refractivity contribution in [1.29, 1.82) is 0 Å². The number of nitrogens with zero attached hydrogens (tertiary/aromatic N) is 2. The van der Waals surface area contributed by atoms with E-state index >= 15 is 0 Å². The first-order valence-electron chi connectivity index (χ1n) is 11.4. The van der Waals surface area contributed by atoms with Gasteiger partial charge in [-0.15, -0.1) is 0 Å². The summed E-state index contributed by atoms with van der Waals surface area (Å²) in [5.74, 6) is -1.84. The van der Waals surface area contributed by atoms with Crippen molar-refractivity contribution in [3.8, 4) is 0 Å². The lowest BCUT2D eigenvalue weighted by atomic mass is 9.98. The number of carbonyl (C=O) groups excluding carboxylic acids is 3. The number of likely N-dealkylation sites (tertiary alicyclic amines) is 1. The minimum absolute atomic E-state index is 0.0249. The second-order valence-corrected chi connectivity index (χ2v) is 10.3. The van der Waals surface area contributed by atoms with Crippen molar-refractivity contribution >= 4 is 27.9 Å². The molecule has 0 radical (unpaired) electrons. The molecule has 0 N–H and O–H groups in total. The van der Waals surface area contributed by atoms with Crippen molar-refractivity contribution < 1.29 is 32.3 Å². The second-order valence-electron chi connectivity index (χ2n) is 8.42. The predicted octanol–water partition coefficient (Wildman–Crippen LogP) is 2.21. The number of piperidine rings is 2. The van der Waals surface area contributed by atoms with Gasteiger partial charge in [-0.05, 0) is 50.7 Å². The Balaban J connectivity index is 1.56. The number of benzene rings is 1. The van der Waals surface area contributed by atoms with Crippen LogP contribution in [0.25, 0.3) is 0 Å². The maximum Gasteiger partial charge on any atom is 0.339 e. The van der Waals surface area contributed by atoms with Gasteiger partial charge >= 0.3 is 11.9 Å². The average molecular weight is 481 g/mol. The lowest BCUT2D eigenvalue weighted by molar-refractivity contribution is -0.157. The topological polar surface area (TPSA) is 110 Å². The molecule has 0 aliphatic carbocycles. The van der Waals surface area contributed by atoms with Gasteiger partial charge in [0, 0.05) is 25.7 Å². The van der Waals surface area contributed by atoms with E-state index in [1.807, 2.05) is 11.8 Å². The minimum Gasteiger partial charge on any atom is -0.465 e. The quantitative estimate of drug-likeness (QED) is 0.550. The number of hydrogen-bond acceptors (Lipinski definition) is 7. The highest BCUT2D eigenvalue weighted by atomic mass is 32.2. The Morgan fingerprint density at radius 2 is 1.73 bits per heavy atom. The highest BCUT2D eigenvalue weighted by Gasteiger charge is 2.35. The molecule has 1 aromatic carbocycles. The van der Waals surface area contributed by atoms with E-state index in [0.717, 1.165) is 25.7 Å². The zero-order valence-corrected chi connectivity index (χ0v) is 20.0. The van der Waals surface area contributed by atoms with Crippen LogP contribution in [0.1, 0.15) is 55.8 Å². The van der Waals surface area contributed by atoms with Crippen LogP contribution in [0.15, 0.2) is 29.2 Å². The van der Waals surface area contributed by atoms with Crippen molar-refractivity contribution in [3.63, 3.8) is 0 Å². The zero-order valence-electron chi connectivity index (χ0n) is 19.2. The number of esters is 2. The van der Waals surface area contributed by atoms with Gasteiger partial charge < -0.3 is 14.4 Å². The molecule has 2 aliphatic rings. The fourth-order valence-electron chi connectivity index (χ4n) is 4.53. The van der Waals surface area contributed by atoms with Gasteiger partial charge in [0.05, 0.1) is 23.5 Å². The summed E-state index contributed by atoms with van der Waals surface area (Å²) in [4.78, 5) is 38.7. The molecule has 1 aromatic rings. The molecule has 3 rings (SSSR count). The van der Waals surface area contributed by atoms with Crippen molar-refractivity contribution in [3.05, 3.63) is 29.8 Å². The largest absolute Gasteiger partial charge is 0.465 e. The third kappa shape index (κ3) is 5.73. The molecule has 2 aliphatic heterocycles. The first-order valence-corrected chi connectivity index (χ1v) is 12.9. The molecule has 2 fully saturated rings. The normalized spacial score (nSPS) is 20.3. The number of carbonyl (C=O) groups is 3.